The van der Waals surface area contributed by atoms with Crippen LogP contribution in [0, 0.1) is 0 Å². The maximum absolute atomic E-state index is 5.55. The van der Waals surface area contributed by atoms with Gasteiger partial charge in [-0.3, -0.25) is 0 Å². The van der Waals surface area contributed by atoms with E-state index in [-0.39, 0.29) is 0 Å². The van der Waals surface area contributed by atoms with E-state index in [1.165, 1.54) is 0 Å². The van der Waals surface area contributed by atoms with Gasteiger partial charge < -0.3 is 10.3 Å². The molecule has 1 aromatic rings. The van der Waals surface area contributed by atoms with Crippen LogP contribution < -0.4 is 16.2 Å². The van der Waals surface area contributed by atoms with Crippen LogP contribution in [0.15, 0.2) is 6.33 Å². The molecule has 1 heterocycles. The van der Waals surface area contributed by atoms with Crippen LogP contribution in [0.1, 0.15) is 52.5 Å². The molecule has 102 valence electrons. The summed E-state index contributed by atoms with van der Waals surface area (Å²) < 4.78 is 0. The first-order chi connectivity index (χ1) is 8.52. The van der Waals surface area contributed by atoms with E-state index >= 15 is 0 Å². The molecule has 18 heavy (non-hydrogen) atoms. The van der Waals surface area contributed by atoms with E-state index in [1.54, 1.807) is 6.33 Å². The lowest BCUT2D eigenvalue weighted by Gasteiger charge is -2.30. The second-order valence-electron chi connectivity index (χ2n) is 5.05. The van der Waals surface area contributed by atoms with Crippen molar-refractivity contribution in [1.29, 1.82) is 0 Å². The molecule has 0 aliphatic carbocycles. The maximum Gasteiger partial charge on any atom is 0.148 e. The number of hydrogen-bond acceptors (Lipinski definition) is 5. The number of aromatic nitrogens is 2. The summed E-state index contributed by atoms with van der Waals surface area (Å²) in [4.78, 5) is 11.0. The fraction of sp³-hybridized carbons (Fsp3) is 0.692. The smallest absolute Gasteiger partial charge is 0.148 e. The Hall–Kier alpha value is -1.36. The van der Waals surface area contributed by atoms with Gasteiger partial charge in [0.2, 0.25) is 0 Å². The van der Waals surface area contributed by atoms with E-state index in [0.29, 0.717) is 12.0 Å². The minimum Gasteiger partial charge on any atom is -0.354 e. The van der Waals surface area contributed by atoms with Crippen molar-refractivity contribution < 1.29 is 0 Å². The van der Waals surface area contributed by atoms with Gasteiger partial charge in [-0.2, -0.15) is 0 Å². The highest BCUT2D eigenvalue weighted by molar-refractivity contribution is 5.60. The normalized spacial score (nSPS) is 11.1. The Labute approximate surface area is 110 Å². The fourth-order valence-corrected chi connectivity index (χ4v) is 2.11. The van der Waals surface area contributed by atoms with Gasteiger partial charge in [0.1, 0.15) is 18.0 Å². The van der Waals surface area contributed by atoms with Crippen molar-refractivity contribution in [3.05, 3.63) is 11.9 Å². The molecule has 1 rings (SSSR count). The molecule has 0 amide bonds. The molecule has 0 aliphatic heterocycles. The van der Waals surface area contributed by atoms with Crippen LogP contribution in [-0.2, 0) is 0 Å². The highest BCUT2D eigenvalue weighted by Gasteiger charge is 2.20. The van der Waals surface area contributed by atoms with Crippen LogP contribution in [0.3, 0.4) is 0 Å². The minimum atomic E-state index is 0.324. The summed E-state index contributed by atoms with van der Waals surface area (Å²) in [6.45, 7) is 11.8. The van der Waals surface area contributed by atoms with Gasteiger partial charge in [0, 0.05) is 18.2 Å². The molecule has 3 N–H and O–H groups in total. The van der Waals surface area contributed by atoms with Crippen molar-refractivity contribution in [2.75, 3.05) is 16.9 Å². The Balaban J connectivity index is 3.28. The van der Waals surface area contributed by atoms with Crippen LogP contribution in [0.25, 0.3) is 0 Å². The summed E-state index contributed by atoms with van der Waals surface area (Å²) in [7, 11) is 0. The van der Waals surface area contributed by atoms with E-state index in [2.05, 4.69) is 54.9 Å². The number of rotatable bonds is 6. The largest absolute Gasteiger partial charge is 0.354 e. The zero-order valence-electron chi connectivity index (χ0n) is 12.1. The Morgan fingerprint density at radius 1 is 1.28 bits per heavy atom. The quantitative estimate of drug-likeness (QED) is 0.600. The van der Waals surface area contributed by atoms with Crippen molar-refractivity contribution in [3.8, 4) is 0 Å². The number of hydrazine groups is 1. The summed E-state index contributed by atoms with van der Waals surface area (Å²) >= 11 is 0. The molecule has 5 nitrogen and oxygen atoms in total. The van der Waals surface area contributed by atoms with Crippen LogP contribution in [0.2, 0.25) is 0 Å². The topological polar surface area (TPSA) is 67.1 Å². The Morgan fingerprint density at radius 2 is 1.94 bits per heavy atom. The monoisotopic (exact) mass is 251 g/mol. The van der Waals surface area contributed by atoms with E-state index in [9.17, 15) is 0 Å². The van der Waals surface area contributed by atoms with Crippen molar-refractivity contribution >= 4 is 11.6 Å². The van der Waals surface area contributed by atoms with Gasteiger partial charge in [-0.1, -0.05) is 20.8 Å². The van der Waals surface area contributed by atoms with Gasteiger partial charge in [0.05, 0.1) is 0 Å². The van der Waals surface area contributed by atoms with Gasteiger partial charge in [-0.05, 0) is 26.2 Å². The molecule has 0 radical (unpaired) electrons. The molecule has 0 bridgehead atoms. The SMILES string of the molecule is CCCN(c1ncnc(NN)c1C(C)C)C(C)C. The van der Waals surface area contributed by atoms with Gasteiger partial charge in [-0.15, -0.1) is 0 Å². The highest BCUT2D eigenvalue weighted by atomic mass is 15.3. The van der Waals surface area contributed by atoms with Crippen molar-refractivity contribution in [3.63, 3.8) is 0 Å². The third-order valence-corrected chi connectivity index (χ3v) is 2.94. The van der Waals surface area contributed by atoms with Gasteiger partial charge in [-0.25, -0.2) is 15.8 Å². The summed E-state index contributed by atoms with van der Waals surface area (Å²) in [6.07, 6.45) is 2.66. The molecule has 0 aliphatic rings. The molecule has 0 saturated heterocycles. The van der Waals surface area contributed by atoms with E-state index in [1.807, 2.05) is 0 Å². The van der Waals surface area contributed by atoms with Crippen LogP contribution in [0.5, 0.6) is 0 Å². The predicted molar refractivity (Wildman–Crippen MR) is 76.7 cm³/mol. The van der Waals surface area contributed by atoms with Crippen molar-refractivity contribution in [1.82, 2.24) is 9.97 Å². The van der Waals surface area contributed by atoms with Gasteiger partial charge >= 0.3 is 0 Å². The number of hydrogen-bond donors (Lipinski definition) is 2. The molecule has 1 aromatic heterocycles. The summed E-state index contributed by atoms with van der Waals surface area (Å²) in [5.41, 5.74) is 3.76. The van der Waals surface area contributed by atoms with E-state index in [0.717, 1.165) is 30.2 Å². The predicted octanol–water partition coefficient (Wildman–Crippen LogP) is 2.51. The molecular formula is C13H25N5. The highest BCUT2D eigenvalue weighted by Crippen LogP contribution is 2.31. The van der Waals surface area contributed by atoms with E-state index in [4.69, 9.17) is 5.84 Å². The van der Waals surface area contributed by atoms with Gasteiger partial charge in [0.25, 0.3) is 0 Å². The Bertz CT molecular complexity index is 376. The first-order valence-corrected chi connectivity index (χ1v) is 6.61. The minimum absolute atomic E-state index is 0.324. The van der Waals surface area contributed by atoms with Crippen molar-refractivity contribution in [2.24, 2.45) is 5.84 Å². The third kappa shape index (κ3) is 3.10. The molecule has 0 unspecified atom stereocenters. The molecule has 0 saturated carbocycles. The fourth-order valence-electron chi connectivity index (χ4n) is 2.11. The number of nitrogens with one attached hydrogen (secondary N) is 1. The lowest BCUT2D eigenvalue weighted by atomic mass is 10.0. The molecular weight excluding hydrogens is 226 g/mol. The number of nitrogens with zero attached hydrogens (tertiary/aromatic N) is 3. The van der Waals surface area contributed by atoms with E-state index < -0.39 is 0 Å². The molecule has 5 heteroatoms. The maximum atomic E-state index is 5.55. The molecule has 0 atom stereocenters. The lowest BCUT2D eigenvalue weighted by Crippen LogP contribution is -2.33. The number of nitrogen functional groups attached to an aromatic ring is 1. The van der Waals surface area contributed by atoms with Crippen molar-refractivity contribution in [2.45, 2.75) is 53.0 Å². The Kier molecular flexibility index (Phi) is 5.34. The standard InChI is InChI=1S/C13H25N5/c1-6-7-18(10(4)5)13-11(9(2)3)12(17-14)15-8-16-13/h8-10H,6-7,14H2,1-5H3,(H,15,16,17). The number of anilines is 2. The third-order valence-electron chi connectivity index (χ3n) is 2.94. The second-order valence-corrected chi connectivity index (χ2v) is 5.05. The lowest BCUT2D eigenvalue weighted by molar-refractivity contribution is 0.652. The van der Waals surface area contributed by atoms with Gasteiger partial charge in [0.15, 0.2) is 0 Å². The summed E-state index contributed by atoms with van der Waals surface area (Å²) in [5.74, 6) is 7.58. The van der Waals surface area contributed by atoms with Crippen LogP contribution >= 0.6 is 0 Å². The first-order valence-electron chi connectivity index (χ1n) is 6.61. The zero-order valence-corrected chi connectivity index (χ0v) is 12.1. The zero-order chi connectivity index (χ0) is 13.7. The first kappa shape index (κ1) is 14.7. The van der Waals surface area contributed by atoms with Crippen LogP contribution in [-0.4, -0.2) is 22.6 Å². The average Bonchev–Trinajstić information content (AvgIpc) is 2.34. The summed E-state index contributed by atoms with van der Waals surface area (Å²) in [5, 5.41) is 0. The second kappa shape index (κ2) is 6.54. The molecule has 0 aromatic carbocycles. The Morgan fingerprint density at radius 3 is 2.39 bits per heavy atom. The molecule has 0 spiro atoms. The van der Waals surface area contributed by atoms with Crippen LogP contribution in [0.4, 0.5) is 11.6 Å². The average molecular weight is 251 g/mol. The molecule has 0 fully saturated rings. The summed E-state index contributed by atoms with van der Waals surface area (Å²) in [6, 6.07) is 0.406. The number of nitrogens with two attached hydrogens (primary N) is 1.